The minimum absolute atomic E-state index is 0.00607. The minimum Gasteiger partial charge on any atom is -0.310 e. The Morgan fingerprint density at radius 1 is 0.333 bits per heavy atom. The van der Waals surface area contributed by atoms with E-state index in [9.17, 15) is 0 Å². The lowest BCUT2D eigenvalue weighted by Gasteiger charge is -2.33. The van der Waals surface area contributed by atoms with Crippen molar-refractivity contribution in [3.8, 4) is 22.3 Å². The molecular formula is C79H86N2. The Hall–Kier alpha value is -7.42. The largest absolute Gasteiger partial charge is 0.310 e. The molecule has 0 unspecified atom stereocenters. The van der Waals surface area contributed by atoms with Crippen molar-refractivity contribution in [3.63, 3.8) is 0 Å². The molecule has 0 aliphatic heterocycles. The van der Waals surface area contributed by atoms with Gasteiger partial charge in [0.05, 0.1) is 11.4 Å². The molecule has 1 aliphatic rings. The van der Waals surface area contributed by atoms with Gasteiger partial charge in [-0.15, -0.1) is 0 Å². The third-order valence-corrected chi connectivity index (χ3v) is 18.1. The van der Waals surface area contributed by atoms with Gasteiger partial charge in [0.2, 0.25) is 0 Å². The first kappa shape index (κ1) is 55.5. The molecule has 0 saturated heterocycles. The molecule has 0 radical (unpaired) electrons. The van der Waals surface area contributed by atoms with Gasteiger partial charge in [-0.25, -0.2) is 0 Å². The van der Waals surface area contributed by atoms with Gasteiger partial charge < -0.3 is 9.80 Å². The van der Waals surface area contributed by atoms with Crippen LogP contribution in [0.15, 0.2) is 194 Å². The lowest BCUT2D eigenvalue weighted by atomic mass is 9.70. The summed E-state index contributed by atoms with van der Waals surface area (Å²) >= 11 is 0. The van der Waals surface area contributed by atoms with E-state index < -0.39 is 0 Å². The van der Waals surface area contributed by atoms with Crippen LogP contribution in [-0.2, 0) is 5.41 Å². The second-order valence-electron chi connectivity index (χ2n) is 24.5. The second kappa shape index (κ2) is 24.7. The molecule has 0 aromatic heterocycles. The summed E-state index contributed by atoms with van der Waals surface area (Å²) in [7, 11) is 0. The van der Waals surface area contributed by atoms with Crippen molar-refractivity contribution in [1.82, 2.24) is 0 Å². The Morgan fingerprint density at radius 3 is 1.27 bits per heavy atom. The smallest absolute Gasteiger partial charge is 0.0546 e. The Bertz CT molecular complexity index is 3770. The molecular weight excluding hydrogens is 977 g/mol. The first-order chi connectivity index (χ1) is 39.6. The molecule has 10 aromatic carbocycles. The highest BCUT2D eigenvalue weighted by Gasteiger charge is 2.42. The molecule has 11 rings (SSSR count). The van der Waals surface area contributed by atoms with E-state index in [4.69, 9.17) is 0 Å². The van der Waals surface area contributed by atoms with Crippen LogP contribution >= 0.6 is 0 Å². The van der Waals surface area contributed by atoms with E-state index in [2.05, 4.69) is 259 Å². The molecule has 0 saturated carbocycles. The summed E-state index contributed by atoms with van der Waals surface area (Å²) in [5.41, 5.74) is 20.8. The number of hydrogen-bond acceptors (Lipinski definition) is 2. The van der Waals surface area contributed by atoms with Gasteiger partial charge in [-0.2, -0.15) is 0 Å². The molecule has 10 aromatic rings. The number of anilines is 6. The zero-order valence-electron chi connectivity index (χ0n) is 49.9. The van der Waals surface area contributed by atoms with Crippen molar-refractivity contribution in [2.45, 2.75) is 163 Å². The fraction of sp³-hybridized carbons (Fsp3) is 0.316. The molecule has 0 spiro atoms. The zero-order valence-corrected chi connectivity index (χ0v) is 49.9. The summed E-state index contributed by atoms with van der Waals surface area (Å²) in [6, 6.07) is 75.0. The molecule has 1 aliphatic carbocycles. The third-order valence-electron chi connectivity index (χ3n) is 18.1. The van der Waals surface area contributed by atoms with E-state index >= 15 is 0 Å². The molecule has 0 atom stereocenters. The fourth-order valence-electron chi connectivity index (χ4n) is 13.6. The second-order valence-corrected chi connectivity index (χ2v) is 24.5. The van der Waals surface area contributed by atoms with Crippen molar-refractivity contribution >= 4 is 66.4 Å². The molecule has 0 amide bonds. The summed E-state index contributed by atoms with van der Waals surface area (Å²) < 4.78 is 0. The van der Waals surface area contributed by atoms with E-state index in [-0.39, 0.29) is 5.41 Å². The van der Waals surface area contributed by atoms with E-state index in [0.717, 1.165) is 22.7 Å². The van der Waals surface area contributed by atoms with Gasteiger partial charge in [-0.1, -0.05) is 252 Å². The molecule has 412 valence electrons. The predicted molar refractivity (Wildman–Crippen MR) is 354 cm³/mol. The fourth-order valence-corrected chi connectivity index (χ4v) is 13.6. The SMILES string of the molecule is CCCCCCCCC1(CCCCCCCC)c2cc(C)ccc2-c2ccc(-c3cccc(N(c4ccc(C(C)C)cc4)c4cc5c6ccccc6c(N(c6ccc(C(C)C)cc6)c6cccc(C)c6)cc5c5ccccc45)c3)cc21. The van der Waals surface area contributed by atoms with Crippen molar-refractivity contribution < 1.29 is 0 Å². The lowest BCUT2D eigenvalue weighted by Crippen LogP contribution is -2.25. The van der Waals surface area contributed by atoms with Crippen molar-refractivity contribution in [2.75, 3.05) is 9.80 Å². The van der Waals surface area contributed by atoms with Gasteiger partial charge in [0.15, 0.2) is 0 Å². The maximum Gasteiger partial charge on any atom is 0.0546 e. The molecule has 0 fully saturated rings. The molecule has 0 N–H and O–H groups in total. The summed E-state index contributed by atoms with van der Waals surface area (Å²) in [5, 5.41) is 7.38. The summed E-state index contributed by atoms with van der Waals surface area (Å²) in [4.78, 5) is 5.02. The predicted octanol–water partition coefficient (Wildman–Crippen LogP) is 24.4. The van der Waals surface area contributed by atoms with Gasteiger partial charge in [-0.05, 0) is 177 Å². The van der Waals surface area contributed by atoms with Crippen LogP contribution in [0.25, 0.3) is 54.6 Å². The normalized spacial score (nSPS) is 12.7. The molecule has 81 heavy (non-hydrogen) atoms. The number of hydrogen-bond donors (Lipinski definition) is 0. The maximum atomic E-state index is 2.63. The topological polar surface area (TPSA) is 6.48 Å². The van der Waals surface area contributed by atoms with E-state index in [1.54, 1.807) is 11.1 Å². The number of rotatable bonds is 23. The summed E-state index contributed by atoms with van der Waals surface area (Å²) in [6.45, 7) is 18.3. The van der Waals surface area contributed by atoms with Crippen molar-refractivity contribution in [3.05, 3.63) is 228 Å². The number of benzene rings is 10. The number of unbranched alkanes of at least 4 members (excludes halogenated alkanes) is 10. The van der Waals surface area contributed by atoms with Crippen LogP contribution in [0.1, 0.15) is 177 Å². The first-order valence-electron chi connectivity index (χ1n) is 31.2. The number of aryl methyl sites for hydroxylation is 2. The summed E-state index contributed by atoms with van der Waals surface area (Å²) in [6.07, 6.45) is 18.2. The van der Waals surface area contributed by atoms with Crippen LogP contribution in [0.4, 0.5) is 34.1 Å². The molecule has 0 heterocycles. The Balaban J connectivity index is 1.07. The van der Waals surface area contributed by atoms with Crippen LogP contribution in [-0.4, -0.2) is 0 Å². The van der Waals surface area contributed by atoms with E-state index in [1.807, 2.05) is 0 Å². The number of fused-ring (bicyclic) bond motifs is 8. The Labute approximate surface area is 485 Å². The first-order valence-corrected chi connectivity index (χ1v) is 31.2. The van der Waals surface area contributed by atoms with Crippen LogP contribution in [0, 0.1) is 13.8 Å². The van der Waals surface area contributed by atoms with Gasteiger partial charge in [-0.3, -0.25) is 0 Å². The lowest BCUT2D eigenvalue weighted by molar-refractivity contribution is 0.398. The maximum absolute atomic E-state index is 2.63. The summed E-state index contributed by atoms with van der Waals surface area (Å²) in [5.74, 6) is 0.875. The highest BCUT2D eigenvalue weighted by Crippen LogP contribution is 2.56. The van der Waals surface area contributed by atoms with Crippen LogP contribution in [0.3, 0.4) is 0 Å². The van der Waals surface area contributed by atoms with E-state index in [1.165, 1.54) is 178 Å². The van der Waals surface area contributed by atoms with Crippen LogP contribution in [0.2, 0.25) is 0 Å². The molecule has 2 heteroatoms. The average Bonchev–Trinajstić information content (AvgIpc) is 3.94. The minimum atomic E-state index is 0.00607. The number of nitrogens with zero attached hydrogens (tertiary/aromatic N) is 2. The monoisotopic (exact) mass is 1060 g/mol. The van der Waals surface area contributed by atoms with Gasteiger partial charge in [0, 0.05) is 38.9 Å². The Morgan fingerprint density at radius 2 is 0.765 bits per heavy atom. The third kappa shape index (κ3) is 11.3. The average molecular weight is 1060 g/mol. The van der Waals surface area contributed by atoms with Gasteiger partial charge in [0.25, 0.3) is 0 Å². The Kier molecular flexibility index (Phi) is 17.0. The standard InChI is InChI=1S/C79H86N2/c1-9-11-13-15-17-23-47-79(48-24-18-16-14-12-10-2)75-50-58(8)35-45-69(75)70-46-40-62(52-76(70)79)61-28-26-30-66(51-61)81(64-43-38-60(39-44-64)56(5)6)78-54-74-67-31-19-21-33-71(67)77(53-73(74)68-32-20-22-34-72(68)78)80(65-29-25-27-57(7)49-65)63-41-36-59(37-42-63)55(3)4/h19-22,25-46,49-56H,9-18,23-24,47-48H2,1-8H3. The van der Waals surface area contributed by atoms with Crippen molar-refractivity contribution in [2.24, 2.45) is 0 Å². The van der Waals surface area contributed by atoms with Gasteiger partial charge >= 0.3 is 0 Å². The molecule has 2 nitrogen and oxygen atoms in total. The van der Waals surface area contributed by atoms with E-state index in [0.29, 0.717) is 11.8 Å². The highest BCUT2D eigenvalue weighted by atomic mass is 15.2. The van der Waals surface area contributed by atoms with Gasteiger partial charge in [0.1, 0.15) is 0 Å². The van der Waals surface area contributed by atoms with Crippen LogP contribution in [0.5, 0.6) is 0 Å². The van der Waals surface area contributed by atoms with Crippen LogP contribution < -0.4 is 9.80 Å². The highest BCUT2D eigenvalue weighted by molar-refractivity contribution is 6.24. The van der Waals surface area contributed by atoms with Crippen molar-refractivity contribution in [1.29, 1.82) is 0 Å². The molecule has 0 bridgehead atoms. The quantitative estimate of drug-likeness (QED) is 0.0465. The zero-order chi connectivity index (χ0) is 56.0.